The zero-order valence-electron chi connectivity index (χ0n) is 8.53. The Kier molecular flexibility index (Phi) is 1.63. The molecule has 0 aromatic heterocycles. The first-order valence-electron chi connectivity index (χ1n) is 5.27. The quantitative estimate of drug-likeness (QED) is 0.495. The third-order valence-electron chi connectivity index (χ3n) is 4.05. The largest absolute Gasteiger partial charge is 0.373 e. The van der Waals surface area contributed by atoms with Crippen LogP contribution in [-0.4, -0.2) is 24.5 Å². The SMILES string of the molecule is CO[C@@]12C=C[C@@H](CC1)[C@@H]1C(=O)NC(=O)[C@H]12. The number of allylic oxidation sites excluding steroid dienone is 1. The average Bonchev–Trinajstić information content (AvgIpc) is 2.59. The van der Waals surface area contributed by atoms with Gasteiger partial charge in [0.1, 0.15) is 0 Å². The van der Waals surface area contributed by atoms with E-state index >= 15 is 0 Å². The lowest BCUT2D eigenvalue weighted by Gasteiger charge is -2.46. The topological polar surface area (TPSA) is 55.4 Å². The molecule has 1 N–H and O–H groups in total. The first-order chi connectivity index (χ1) is 7.18. The predicted molar refractivity (Wildman–Crippen MR) is 51.7 cm³/mol. The van der Waals surface area contributed by atoms with Crippen molar-refractivity contribution >= 4 is 11.8 Å². The molecule has 0 aromatic carbocycles. The van der Waals surface area contributed by atoms with Gasteiger partial charge in [-0.15, -0.1) is 0 Å². The molecule has 15 heavy (non-hydrogen) atoms. The summed E-state index contributed by atoms with van der Waals surface area (Å²) in [5.74, 6) is -0.574. The van der Waals surface area contributed by atoms with Crippen LogP contribution in [0, 0.1) is 17.8 Å². The second-order valence-electron chi connectivity index (χ2n) is 4.58. The highest BCUT2D eigenvalue weighted by molar-refractivity contribution is 6.06. The summed E-state index contributed by atoms with van der Waals surface area (Å²) < 4.78 is 5.50. The van der Waals surface area contributed by atoms with E-state index in [9.17, 15) is 9.59 Å². The molecule has 1 aliphatic heterocycles. The summed E-state index contributed by atoms with van der Waals surface area (Å²) in [5, 5.41) is 2.42. The third-order valence-corrected chi connectivity index (χ3v) is 4.05. The number of fused-ring (bicyclic) bond motifs is 1. The molecular formula is C11H13NO3. The molecule has 80 valence electrons. The Labute approximate surface area is 87.7 Å². The van der Waals surface area contributed by atoms with E-state index in [1.165, 1.54) is 0 Å². The molecular weight excluding hydrogens is 194 g/mol. The van der Waals surface area contributed by atoms with Crippen molar-refractivity contribution in [2.75, 3.05) is 7.11 Å². The summed E-state index contributed by atoms with van der Waals surface area (Å²) in [4.78, 5) is 23.4. The standard InChI is InChI=1S/C11H13NO3/c1-15-11-4-2-6(3-5-11)7-8(11)10(14)12-9(7)13/h2,4,6-8H,3,5H2,1H3,(H,12,13,14)/t6-,7-,8-,11-/m0/s1. The summed E-state index contributed by atoms with van der Waals surface area (Å²) in [6.07, 6.45) is 5.78. The number of hydrogen-bond donors (Lipinski definition) is 1. The molecule has 4 aliphatic rings. The van der Waals surface area contributed by atoms with Crippen molar-refractivity contribution in [3.63, 3.8) is 0 Å². The van der Waals surface area contributed by atoms with Gasteiger partial charge in [0.05, 0.1) is 17.4 Å². The van der Waals surface area contributed by atoms with E-state index < -0.39 is 5.60 Å². The number of hydrogen-bond acceptors (Lipinski definition) is 3. The van der Waals surface area contributed by atoms with E-state index in [2.05, 4.69) is 5.32 Å². The van der Waals surface area contributed by atoms with Gasteiger partial charge in [0.15, 0.2) is 0 Å². The summed E-state index contributed by atoms with van der Waals surface area (Å²) in [5.41, 5.74) is -0.532. The summed E-state index contributed by atoms with van der Waals surface area (Å²) >= 11 is 0. The Bertz CT molecular complexity index is 376. The van der Waals surface area contributed by atoms with Gasteiger partial charge in [0.25, 0.3) is 0 Å². The number of carbonyl (C=O) groups is 2. The number of amides is 2. The molecule has 0 unspecified atom stereocenters. The zero-order chi connectivity index (χ0) is 10.6. The van der Waals surface area contributed by atoms with Crippen LogP contribution >= 0.6 is 0 Å². The van der Waals surface area contributed by atoms with E-state index in [1.807, 2.05) is 12.2 Å². The maximum absolute atomic E-state index is 11.7. The van der Waals surface area contributed by atoms with E-state index in [0.29, 0.717) is 0 Å². The maximum Gasteiger partial charge on any atom is 0.233 e. The fourth-order valence-electron chi connectivity index (χ4n) is 3.28. The number of rotatable bonds is 1. The number of imide groups is 1. The molecule has 2 amide bonds. The van der Waals surface area contributed by atoms with E-state index in [-0.39, 0.29) is 29.6 Å². The van der Waals surface area contributed by atoms with Gasteiger partial charge in [-0.2, -0.15) is 0 Å². The van der Waals surface area contributed by atoms with E-state index in [4.69, 9.17) is 4.74 Å². The van der Waals surface area contributed by atoms with Gasteiger partial charge in [-0.05, 0) is 18.8 Å². The van der Waals surface area contributed by atoms with E-state index in [0.717, 1.165) is 12.8 Å². The Morgan fingerprint density at radius 1 is 1.47 bits per heavy atom. The van der Waals surface area contributed by atoms with Gasteiger partial charge in [0, 0.05) is 7.11 Å². The highest BCUT2D eigenvalue weighted by Gasteiger charge is 2.60. The fraction of sp³-hybridized carbons (Fsp3) is 0.636. The van der Waals surface area contributed by atoms with Crippen molar-refractivity contribution in [2.24, 2.45) is 17.8 Å². The number of methoxy groups -OCH3 is 1. The second kappa shape index (κ2) is 2.70. The van der Waals surface area contributed by atoms with Crippen LogP contribution < -0.4 is 5.32 Å². The molecule has 2 bridgehead atoms. The summed E-state index contributed by atoms with van der Waals surface area (Å²) in [7, 11) is 1.61. The molecule has 4 rings (SSSR count). The van der Waals surface area contributed by atoms with Crippen molar-refractivity contribution in [1.82, 2.24) is 5.32 Å². The van der Waals surface area contributed by atoms with Crippen LogP contribution in [0.3, 0.4) is 0 Å². The van der Waals surface area contributed by atoms with Crippen LogP contribution in [0.25, 0.3) is 0 Å². The lowest BCUT2D eigenvalue weighted by Crippen LogP contribution is -2.52. The van der Waals surface area contributed by atoms with Crippen LogP contribution in [0.15, 0.2) is 12.2 Å². The Balaban J connectivity index is 2.11. The fourth-order valence-corrected chi connectivity index (χ4v) is 3.28. The molecule has 4 atom stereocenters. The van der Waals surface area contributed by atoms with Gasteiger partial charge in [-0.3, -0.25) is 14.9 Å². The van der Waals surface area contributed by atoms with Crippen LogP contribution in [0.5, 0.6) is 0 Å². The molecule has 1 heterocycles. The van der Waals surface area contributed by atoms with Crippen molar-refractivity contribution in [1.29, 1.82) is 0 Å². The van der Waals surface area contributed by atoms with Crippen LogP contribution in [0.1, 0.15) is 12.8 Å². The number of ether oxygens (including phenoxy) is 1. The van der Waals surface area contributed by atoms with E-state index in [1.54, 1.807) is 7.11 Å². The van der Waals surface area contributed by atoms with Crippen molar-refractivity contribution in [3.8, 4) is 0 Å². The Hall–Kier alpha value is -1.16. The van der Waals surface area contributed by atoms with Crippen molar-refractivity contribution in [3.05, 3.63) is 12.2 Å². The van der Waals surface area contributed by atoms with Crippen molar-refractivity contribution in [2.45, 2.75) is 18.4 Å². The monoisotopic (exact) mass is 207 g/mol. The first kappa shape index (κ1) is 9.09. The Morgan fingerprint density at radius 2 is 2.27 bits per heavy atom. The van der Waals surface area contributed by atoms with Gasteiger partial charge in [0.2, 0.25) is 11.8 Å². The molecule has 2 fully saturated rings. The van der Waals surface area contributed by atoms with Crippen molar-refractivity contribution < 1.29 is 14.3 Å². The minimum absolute atomic E-state index is 0.125. The minimum Gasteiger partial charge on any atom is -0.373 e. The smallest absolute Gasteiger partial charge is 0.233 e. The highest BCUT2D eigenvalue weighted by atomic mass is 16.5. The lowest BCUT2D eigenvalue weighted by molar-refractivity contribution is -0.140. The molecule has 4 heteroatoms. The predicted octanol–water partition coefficient (Wildman–Crippen LogP) is 0.240. The first-order valence-corrected chi connectivity index (χ1v) is 5.27. The van der Waals surface area contributed by atoms with Crippen LogP contribution in [0.4, 0.5) is 0 Å². The van der Waals surface area contributed by atoms with Gasteiger partial charge >= 0.3 is 0 Å². The number of carbonyl (C=O) groups excluding carboxylic acids is 2. The minimum atomic E-state index is -0.532. The lowest BCUT2D eigenvalue weighted by atomic mass is 9.60. The molecule has 1 saturated carbocycles. The molecule has 3 aliphatic carbocycles. The Morgan fingerprint density at radius 3 is 2.87 bits per heavy atom. The van der Waals surface area contributed by atoms with Crippen LogP contribution in [-0.2, 0) is 14.3 Å². The van der Waals surface area contributed by atoms with Gasteiger partial charge < -0.3 is 4.74 Å². The molecule has 0 spiro atoms. The summed E-state index contributed by atoms with van der Waals surface area (Å²) in [6, 6.07) is 0. The average molecular weight is 207 g/mol. The van der Waals surface area contributed by atoms with Crippen LogP contribution in [0.2, 0.25) is 0 Å². The maximum atomic E-state index is 11.7. The molecule has 0 radical (unpaired) electrons. The van der Waals surface area contributed by atoms with Gasteiger partial charge in [-0.25, -0.2) is 0 Å². The molecule has 0 aromatic rings. The highest BCUT2D eigenvalue weighted by Crippen LogP contribution is 2.51. The second-order valence-corrected chi connectivity index (χ2v) is 4.58. The molecule has 1 saturated heterocycles. The summed E-state index contributed by atoms with van der Waals surface area (Å²) in [6.45, 7) is 0. The van der Waals surface area contributed by atoms with Gasteiger partial charge in [-0.1, -0.05) is 12.2 Å². The third kappa shape index (κ3) is 0.951. The zero-order valence-corrected chi connectivity index (χ0v) is 8.53. The number of nitrogens with one attached hydrogen (secondary N) is 1. The normalized spacial score (nSPS) is 46.9. The molecule has 4 nitrogen and oxygen atoms in total.